The van der Waals surface area contributed by atoms with Gasteiger partial charge in [0.25, 0.3) is 0 Å². The van der Waals surface area contributed by atoms with E-state index in [1.807, 2.05) is 17.5 Å². The molecule has 0 saturated carbocycles. The number of hydrogen-bond acceptors (Lipinski definition) is 6. The summed E-state index contributed by atoms with van der Waals surface area (Å²) >= 11 is 1.56. The lowest BCUT2D eigenvalue weighted by atomic mass is 9.83. The molecule has 1 aromatic heterocycles. The Morgan fingerprint density at radius 1 is 1.20 bits per heavy atom. The van der Waals surface area contributed by atoms with Crippen molar-refractivity contribution in [3.63, 3.8) is 0 Å². The summed E-state index contributed by atoms with van der Waals surface area (Å²) in [4.78, 5) is 16.4. The van der Waals surface area contributed by atoms with Crippen LogP contribution in [0.2, 0.25) is 0 Å². The normalized spacial score (nSPS) is 25.2. The molecule has 2 aromatic rings. The second-order valence-electron chi connectivity index (χ2n) is 8.53. The Bertz CT molecular complexity index is 952. The van der Waals surface area contributed by atoms with Gasteiger partial charge in [0.05, 0.1) is 11.1 Å². The van der Waals surface area contributed by atoms with Crippen molar-refractivity contribution in [2.75, 3.05) is 19.6 Å². The third kappa shape index (κ3) is 3.80. The smallest absolute Gasteiger partial charge is 0.232 e. The van der Waals surface area contributed by atoms with Crippen LogP contribution in [0, 0.1) is 5.92 Å². The van der Waals surface area contributed by atoms with Crippen LogP contribution in [0.5, 0.6) is 11.5 Å². The van der Waals surface area contributed by atoms with Gasteiger partial charge < -0.3 is 20.1 Å². The van der Waals surface area contributed by atoms with E-state index in [9.17, 15) is 9.90 Å². The van der Waals surface area contributed by atoms with Gasteiger partial charge in [-0.05, 0) is 74.8 Å². The van der Waals surface area contributed by atoms with E-state index in [2.05, 4.69) is 10.2 Å². The van der Waals surface area contributed by atoms with E-state index in [1.165, 1.54) is 45.2 Å². The number of nitrogens with zero attached hydrogens (tertiary/aromatic N) is 1. The van der Waals surface area contributed by atoms with Crippen molar-refractivity contribution in [2.24, 2.45) is 5.92 Å². The second kappa shape index (κ2) is 8.53. The van der Waals surface area contributed by atoms with Crippen LogP contribution in [-0.2, 0) is 6.54 Å². The summed E-state index contributed by atoms with van der Waals surface area (Å²) in [7, 11) is 0. The SMILES string of the molecule is O=C1C(=Cc2cccs2)Oc2c1ccc(O)c2CNC[C@H]1CCCN2CCCC[C@H]12. The van der Waals surface area contributed by atoms with Crippen molar-refractivity contribution >= 4 is 23.2 Å². The first-order valence-electron chi connectivity index (χ1n) is 11.0. The van der Waals surface area contributed by atoms with Gasteiger partial charge in [0, 0.05) is 23.5 Å². The van der Waals surface area contributed by atoms with Gasteiger partial charge in [-0.1, -0.05) is 12.5 Å². The summed E-state index contributed by atoms with van der Waals surface area (Å²) in [6.45, 7) is 3.90. The molecule has 0 bridgehead atoms. The number of aromatic hydroxyl groups is 1. The fourth-order valence-electron chi connectivity index (χ4n) is 5.17. The van der Waals surface area contributed by atoms with Gasteiger partial charge in [-0.3, -0.25) is 4.79 Å². The molecule has 2 fully saturated rings. The van der Waals surface area contributed by atoms with Crippen LogP contribution in [0.25, 0.3) is 6.08 Å². The average molecular weight is 425 g/mol. The summed E-state index contributed by atoms with van der Waals surface area (Å²) < 4.78 is 5.94. The molecule has 3 aliphatic heterocycles. The molecule has 1 aromatic carbocycles. The zero-order valence-electron chi connectivity index (χ0n) is 17.1. The largest absolute Gasteiger partial charge is 0.507 e. The lowest BCUT2D eigenvalue weighted by Crippen LogP contribution is -2.50. The highest BCUT2D eigenvalue weighted by molar-refractivity contribution is 7.10. The highest BCUT2D eigenvalue weighted by Gasteiger charge is 2.34. The number of phenolic OH excluding ortho intramolecular Hbond substituents is 1. The van der Waals surface area contributed by atoms with Gasteiger partial charge in [0.1, 0.15) is 11.5 Å². The molecule has 0 radical (unpaired) electrons. The Morgan fingerprint density at radius 2 is 2.10 bits per heavy atom. The van der Waals surface area contributed by atoms with E-state index in [1.54, 1.807) is 29.5 Å². The number of Topliss-reactive ketones (excluding diaryl/α,β-unsaturated/α-hetero) is 1. The van der Waals surface area contributed by atoms with Gasteiger partial charge in [-0.15, -0.1) is 11.3 Å². The fourth-order valence-corrected chi connectivity index (χ4v) is 5.81. The quantitative estimate of drug-likeness (QED) is 0.696. The Kier molecular flexibility index (Phi) is 5.63. The minimum atomic E-state index is -0.121. The Balaban J connectivity index is 1.29. The van der Waals surface area contributed by atoms with Gasteiger partial charge in [0.2, 0.25) is 5.78 Å². The number of ketones is 1. The molecule has 5 nitrogen and oxygen atoms in total. The fraction of sp³-hybridized carbons (Fsp3) is 0.458. The maximum atomic E-state index is 12.8. The van der Waals surface area contributed by atoms with Gasteiger partial charge in [0.15, 0.2) is 5.76 Å². The van der Waals surface area contributed by atoms with Crippen molar-refractivity contribution < 1.29 is 14.6 Å². The predicted molar refractivity (Wildman–Crippen MR) is 119 cm³/mol. The Labute approximate surface area is 181 Å². The molecule has 0 amide bonds. The molecule has 0 unspecified atom stereocenters. The maximum Gasteiger partial charge on any atom is 0.232 e. The molecular weight excluding hydrogens is 396 g/mol. The van der Waals surface area contributed by atoms with E-state index >= 15 is 0 Å². The number of phenols is 1. The number of nitrogens with one attached hydrogen (secondary N) is 1. The molecule has 30 heavy (non-hydrogen) atoms. The Hall–Kier alpha value is -2.15. The number of rotatable bonds is 5. The first-order valence-corrected chi connectivity index (χ1v) is 11.9. The van der Waals surface area contributed by atoms with Crippen LogP contribution in [-0.4, -0.2) is 41.5 Å². The molecule has 0 spiro atoms. The first-order chi connectivity index (χ1) is 14.7. The lowest BCUT2D eigenvalue weighted by molar-refractivity contribution is 0.0593. The number of carbonyl (C=O) groups is 1. The zero-order valence-corrected chi connectivity index (χ0v) is 17.9. The molecule has 4 heterocycles. The van der Waals surface area contributed by atoms with Gasteiger partial charge in [-0.25, -0.2) is 0 Å². The molecule has 3 aliphatic rings. The maximum absolute atomic E-state index is 12.8. The standard InChI is InChI=1S/C24H28N2O3S/c27-21-9-8-18-23(28)22(13-17-6-4-12-30-17)29-24(18)19(21)15-25-14-16-5-3-11-26-10-2-1-7-20(16)26/h4,6,8-9,12-13,16,20,25,27H,1-3,5,7,10-11,14-15H2/t16-,20-/m1/s1. The average Bonchev–Trinajstić information content (AvgIpc) is 3.38. The molecule has 2 N–H and O–H groups in total. The van der Waals surface area contributed by atoms with E-state index in [0.717, 1.165) is 11.4 Å². The summed E-state index contributed by atoms with van der Waals surface area (Å²) in [5.74, 6) is 1.52. The highest BCUT2D eigenvalue weighted by Crippen LogP contribution is 2.40. The van der Waals surface area contributed by atoms with Crippen LogP contribution in [0.1, 0.15) is 52.9 Å². The third-order valence-electron chi connectivity index (χ3n) is 6.67. The highest BCUT2D eigenvalue weighted by atomic mass is 32.1. The number of carbonyl (C=O) groups excluding carboxylic acids is 1. The van der Waals surface area contributed by atoms with Crippen LogP contribution in [0.4, 0.5) is 0 Å². The number of piperidine rings is 2. The molecule has 6 heteroatoms. The third-order valence-corrected chi connectivity index (χ3v) is 7.49. The van der Waals surface area contributed by atoms with Crippen LogP contribution in [0.15, 0.2) is 35.4 Å². The molecule has 5 rings (SSSR count). The minimum absolute atomic E-state index is 0.121. The second-order valence-corrected chi connectivity index (χ2v) is 9.51. The van der Waals surface area contributed by atoms with E-state index < -0.39 is 0 Å². The summed E-state index contributed by atoms with van der Waals surface area (Å²) in [6, 6.07) is 7.86. The molecule has 158 valence electrons. The lowest BCUT2D eigenvalue weighted by Gasteiger charge is -2.44. The number of fused-ring (bicyclic) bond motifs is 2. The molecular formula is C24H28N2O3S. The van der Waals surface area contributed by atoms with Crippen LogP contribution in [0.3, 0.4) is 0 Å². The Morgan fingerprint density at radius 3 is 2.97 bits per heavy atom. The minimum Gasteiger partial charge on any atom is -0.507 e. The van der Waals surface area contributed by atoms with Crippen molar-refractivity contribution in [2.45, 2.75) is 44.7 Å². The number of hydrogen-bond donors (Lipinski definition) is 2. The monoisotopic (exact) mass is 424 g/mol. The molecule has 2 saturated heterocycles. The zero-order chi connectivity index (χ0) is 20.5. The van der Waals surface area contributed by atoms with Gasteiger partial charge >= 0.3 is 0 Å². The van der Waals surface area contributed by atoms with Gasteiger partial charge in [-0.2, -0.15) is 0 Å². The van der Waals surface area contributed by atoms with E-state index in [4.69, 9.17) is 4.74 Å². The summed E-state index contributed by atoms with van der Waals surface area (Å²) in [6.07, 6.45) is 8.26. The predicted octanol–water partition coefficient (Wildman–Crippen LogP) is 4.42. The first kappa shape index (κ1) is 19.8. The molecule has 0 aliphatic carbocycles. The topological polar surface area (TPSA) is 61.8 Å². The number of allylic oxidation sites excluding steroid dienone is 1. The van der Waals surface area contributed by atoms with Crippen LogP contribution < -0.4 is 10.1 Å². The number of benzene rings is 1. The van der Waals surface area contributed by atoms with E-state index in [0.29, 0.717) is 41.1 Å². The van der Waals surface area contributed by atoms with Crippen molar-refractivity contribution in [1.29, 1.82) is 0 Å². The summed E-state index contributed by atoms with van der Waals surface area (Å²) in [5.41, 5.74) is 1.20. The molecule has 2 atom stereocenters. The summed E-state index contributed by atoms with van der Waals surface area (Å²) in [5, 5.41) is 16.0. The number of ether oxygens (including phenoxy) is 1. The van der Waals surface area contributed by atoms with E-state index in [-0.39, 0.29) is 11.5 Å². The van der Waals surface area contributed by atoms with Crippen LogP contribution >= 0.6 is 11.3 Å². The number of thiophene rings is 1. The van der Waals surface area contributed by atoms with Crippen molar-refractivity contribution in [3.05, 3.63) is 51.4 Å². The van der Waals surface area contributed by atoms with Crippen molar-refractivity contribution in [1.82, 2.24) is 10.2 Å². The van der Waals surface area contributed by atoms with Crippen molar-refractivity contribution in [3.8, 4) is 11.5 Å².